The molecule has 19 heavy (non-hydrogen) atoms. The smallest absolute Gasteiger partial charge is 0.324 e. The summed E-state index contributed by atoms with van der Waals surface area (Å²) in [5.74, 6) is 0.288. The van der Waals surface area contributed by atoms with Crippen molar-refractivity contribution in [1.82, 2.24) is 4.98 Å². The molecule has 6 heteroatoms. The maximum Gasteiger partial charge on any atom is 0.324 e. The zero-order chi connectivity index (χ0) is 13.7. The van der Waals surface area contributed by atoms with E-state index in [1.165, 1.54) is 6.20 Å². The summed E-state index contributed by atoms with van der Waals surface area (Å²) in [4.78, 5) is 15.7. The zero-order valence-corrected chi connectivity index (χ0v) is 9.92. The number of carbonyl (C=O) groups is 1. The second kappa shape index (κ2) is 5.51. The molecule has 1 aromatic heterocycles. The van der Waals surface area contributed by atoms with Gasteiger partial charge in [0.25, 0.3) is 0 Å². The Hall–Kier alpha value is -3.07. The maximum atomic E-state index is 11.7. The first kappa shape index (κ1) is 12.4. The lowest BCUT2D eigenvalue weighted by Gasteiger charge is -2.08. The van der Waals surface area contributed by atoms with Crippen molar-refractivity contribution in [2.45, 2.75) is 0 Å². The van der Waals surface area contributed by atoms with Gasteiger partial charge in [-0.05, 0) is 30.3 Å². The Kier molecular flexibility index (Phi) is 3.59. The molecule has 0 saturated heterocycles. The summed E-state index contributed by atoms with van der Waals surface area (Å²) in [6, 6.07) is 11.4. The van der Waals surface area contributed by atoms with E-state index in [0.717, 1.165) is 0 Å². The average Bonchev–Trinajstić information content (AvgIpc) is 2.41. The van der Waals surface area contributed by atoms with E-state index in [1.807, 2.05) is 6.07 Å². The van der Waals surface area contributed by atoms with E-state index in [-0.39, 0.29) is 5.82 Å². The van der Waals surface area contributed by atoms with Gasteiger partial charge in [0.1, 0.15) is 0 Å². The number of hydrogen-bond donors (Lipinski definition) is 3. The van der Waals surface area contributed by atoms with E-state index in [9.17, 15) is 4.79 Å². The lowest BCUT2D eigenvalue weighted by Crippen LogP contribution is -2.20. The van der Waals surface area contributed by atoms with Crippen LogP contribution in [0.25, 0.3) is 0 Å². The SMILES string of the molecule is N#Cc1cccc(NC(=O)Nc2ncccc2N)c1. The second-order valence-corrected chi connectivity index (χ2v) is 3.71. The van der Waals surface area contributed by atoms with Crippen molar-refractivity contribution in [3.05, 3.63) is 48.2 Å². The molecule has 0 radical (unpaired) electrons. The third kappa shape index (κ3) is 3.20. The lowest BCUT2D eigenvalue weighted by atomic mass is 10.2. The van der Waals surface area contributed by atoms with Gasteiger partial charge in [-0.15, -0.1) is 0 Å². The number of benzene rings is 1. The van der Waals surface area contributed by atoms with E-state index >= 15 is 0 Å². The first-order valence-electron chi connectivity index (χ1n) is 5.47. The van der Waals surface area contributed by atoms with Crippen LogP contribution in [-0.2, 0) is 0 Å². The first-order valence-corrected chi connectivity index (χ1v) is 5.47. The van der Waals surface area contributed by atoms with Crippen molar-refractivity contribution < 1.29 is 4.79 Å². The molecule has 0 aliphatic heterocycles. The van der Waals surface area contributed by atoms with Crippen LogP contribution in [0.15, 0.2) is 42.6 Å². The van der Waals surface area contributed by atoms with Gasteiger partial charge in [0.15, 0.2) is 5.82 Å². The van der Waals surface area contributed by atoms with Gasteiger partial charge in [-0.1, -0.05) is 6.07 Å². The molecule has 1 aromatic carbocycles. The van der Waals surface area contributed by atoms with E-state index in [1.54, 1.807) is 36.4 Å². The number of nitrogens with two attached hydrogens (primary N) is 1. The number of carbonyl (C=O) groups excluding carboxylic acids is 1. The van der Waals surface area contributed by atoms with Crippen LogP contribution in [0.2, 0.25) is 0 Å². The molecule has 0 aliphatic carbocycles. The number of nitrogens with zero attached hydrogens (tertiary/aromatic N) is 2. The van der Waals surface area contributed by atoms with Gasteiger partial charge < -0.3 is 11.1 Å². The van der Waals surface area contributed by atoms with Gasteiger partial charge >= 0.3 is 6.03 Å². The van der Waals surface area contributed by atoms with Crippen molar-refractivity contribution >= 4 is 23.2 Å². The Bertz CT molecular complexity index is 647. The number of rotatable bonds is 2. The predicted octanol–water partition coefficient (Wildman–Crippen LogP) is 2.18. The van der Waals surface area contributed by atoms with Crippen LogP contribution in [0.5, 0.6) is 0 Å². The van der Waals surface area contributed by atoms with Gasteiger partial charge in [-0.2, -0.15) is 5.26 Å². The Morgan fingerprint density at radius 3 is 2.84 bits per heavy atom. The summed E-state index contributed by atoms with van der Waals surface area (Å²) < 4.78 is 0. The molecule has 0 spiro atoms. The minimum Gasteiger partial charge on any atom is -0.396 e. The highest BCUT2D eigenvalue weighted by Gasteiger charge is 2.06. The van der Waals surface area contributed by atoms with Crippen LogP contribution in [-0.4, -0.2) is 11.0 Å². The highest BCUT2D eigenvalue weighted by molar-refractivity contribution is 6.00. The number of aromatic nitrogens is 1. The second-order valence-electron chi connectivity index (χ2n) is 3.71. The molecule has 0 saturated carbocycles. The summed E-state index contributed by atoms with van der Waals surface area (Å²) in [5.41, 5.74) is 7.03. The summed E-state index contributed by atoms with van der Waals surface area (Å²) in [5, 5.41) is 13.9. The summed E-state index contributed by atoms with van der Waals surface area (Å²) in [6.45, 7) is 0. The van der Waals surface area contributed by atoms with Crippen LogP contribution < -0.4 is 16.4 Å². The molecule has 0 unspecified atom stereocenters. The van der Waals surface area contributed by atoms with Crippen molar-refractivity contribution in [3.63, 3.8) is 0 Å². The monoisotopic (exact) mass is 253 g/mol. The van der Waals surface area contributed by atoms with Crippen molar-refractivity contribution in [1.29, 1.82) is 5.26 Å². The lowest BCUT2D eigenvalue weighted by molar-refractivity contribution is 0.262. The molecule has 0 aliphatic rings. The largest absolute Gasteiger partial charge is 0.396 e. The van der Waals surface area contributed by atoms with Crippen LogP contribution in [0, 0.1) is 11.3 Å². The number of anilines is 3. The standard InChI is InChI=1S/C13H11N5O/c14-8-9-3-1-4-10(7-9)17-13(19)18-12-11(15)5-2-6-16-12/h1-7H,15H2,(H2,16,17,18,19). The topological polar surface area (TPSA) is 104 Å². The van der Waals surface area contributed by atoms with Gasteiger partial charge in [-0.25, -0.2) is 9.78 Å². The van der Waals surface area contributed by atoms with Gasteiger partial charge in [-0.3, -0.25) is 5.32 Å². The van der Waals surface area contributed by atoms with E-state index in [0.29, 0.717) is 16.9 Å². The molecule has 0 bridgehead atoms. The highest BCUT2D eigenvalue weighted by atomic mass is 16.2. The predicted molar refractivity (Wildman–Crippen MR) is 72.4 cm³/mol. The van der Waals surface area contributed by atoms with E-state index < -0.39 is 6.03 Å². The van der Waals surface area contributed by atoms with Crippen molar-refractivity contribution in [2.75, 3.05) is 16.4 Å². The third-order valence-corrected chi connectivity index (χ3v) is 2.32. The normalized spacial score (nSPS) is 9.42. The molecule has 0 fully saturated rings. The molecule has 2 aromatic rings. The minimum absolute atomic E-state index is 0.288. The average molecular weight is 253 g/mol. The number of nitrogen functional groups attached to an aromatic ring is 1. The summed E-state index contributed by atoms with van der Waals surface area (Å²) in [6.07, 6.45) is 1.53. The van der Waals surface area contributed by atoms with Crippen molar-refractivity contribution in [2.24, 2.45) is 0 Å². The molecule has 6 nitrogen and oxygen atoms in total. The fourth-order valence-electron chi connectivity index (χ4n) is 1.46. The number of nitriles is 1. The van der Waals surface area contributed by atoms with Crippen LogP contribution in [0.1, 0.15) is 5.56 Å². The molecule has 0 atom stereocenters. The molecule has 2 amide bonds. The molecule has 2 rings (SSSR count). The van der Waals surface area contributed by atoms with Crippen LogP contribution >= 0.6 is 0 Å². The Morgan fingerprint density at radius 2 is 2.11 bits per heavy atom. The quantitative estimate of drug-likeness (QED) is 0.762. The third-order valence-electron chi connectivity index (χ3n) is 2.32. The maximum absolute atomic E-state index is 11.7. The van der Waals surface area contributed by atoms with Crippen LogP contribution in [0.4, 0.5) is 22.0 Å². The highest BCUT2D eigenvalue weighted by Crippen LogP contribution is 2.14. The van der Waals surface area contributed by atoms with Crippen molar-refractivity contribution in [3.8, 4) is 6.07 Å². The molecule has 4 N–H and O–H groups in total. The Balaban J connectivity index is 2.06. The first-order chi connectivity index (χ1) is 9.19. The fraction of sp³-hybridized carbons (Fsp3) is 0. The number of urea groups is 1. The van der Waals surface area contributed by atoms with Gasteiger partial charge in [0.05, 0.1) is 17.3 Å². The summed E-state index contributed by atoms with van der Waals surface area (Å²) in [7, 11) is 0. The molecular weight excluding hydrogens is 242 g/mol. The fourth-order valence-corrected chi connectivity index (χ4v) is 1.46. The number of amides is 2. The van der Waals surface area contributed by atoms with E-state index in [4.69, 9.17) is 11.0 Å². The Labute approximate surface area is 109 Å². The Morgan fingerprint density at radius 1 is 1.26 bits per heavy atom. The minimum atomic E-state index is -0.472. The number of hydrogen-bond acceptors (Lipinski definition) is 4. The molecule has 94 valence electrons. The number of pyridine rings is 1. The van der Waals surface area contributed by atoms with Gasteiger partial charge in [0.2, 0.25) is 0 Å². The van der Waals surface area contributed by atoms with Gasteiger partial charge in [0, 0.05) is 11.9 Å². The molecule has 1 heterocycles. The molecular formula is C13H11N5O. The van der Waals surface area contributed by atoms with Crippen LogP contribution in [0.3, 0.4) is 0 Å². The van der Waals surface area contributed by atoms with E-state index in [2.05, 4.69) is 15.6 Å². The number of nitrogens with one attached hydrogen (secondary N) is 2. The summed E-state index contributed by atoms with van der Waals surface area (Å²) >= 11 is 0. The zero-order valence-electron chi connectivity index (χ0n) is 9.92.